The van der Waals surface area contributed by atoms with Gasteiger partial charge in [-0.15, -0.1) is 0 Å². The van der Waals surface area contributed by atoms with Gasteiger partial charge in [0.05, 0.1) is 46.2 Å². The number of aromatic amines is 1. The number of nitrogens with one attached hydrogen (secondary N) is 2. The zero-order valence-corrected chi connectivity index (χ0v) is 24.1. The first-order valence-electron chi connectivity index (χ1n) is 14.5. The Morgan fingerprint density at radius 3 is 2.57 bits per heavy atom. The maximum absolute atomic E-state index is 13.6. The third-order valence-corrected chi connectivity index (χ3v) is 9.70. The molecule has 6 heterocycles. The summed E-state index contributed by atoms with van der Waals surface area (Å²) in [5.41, 5.74) is 3.31. The molecule has 9 rings (SSSR count). The minimum Gasteiger partial charge on any atom is -0.391 e. The van der Waals surface area contributed by atoms with Crippen LogP contribution in [0.3, 0.4) is 0 Å². The summed E-state index contributed by atoms with van der Waals surface area (Å²) >= 11 is 0. The highest BCUT2D eigenvalue weighted by atomic mass is 16.6. The number of ether oxygens (including phenoxy) is 3. The molecule has 3 aliphatic rings. The number of methoxy groups -OCH3 is 1. The van der Waals surface area contributed by atoms with Crippen molar-refractivity contribution in [2.24, 2.45) is 0 Å². The molecule has 3 N–H and O–H groups in total. The van der Waals surface area contributed by atoms with Crippen LogP contribution in [0.2, 0.25) is 0 Å². The summed E-state index contributed by atoms with van der Waals surface area (Å²) in [7, 11) is 3.32. The number of fused-ring (bicyclic) bond motifs is 13. The molecule has 0 aliphatic carbocycles. The Morgan fingerprint density at radius 1 is 1.11 bits per heavy atom. The van der Waals surface area contributed by atoms with Gasteiger partial charge in [0.2, 0.25) is 5.88 Å². The molecular weight excluding hydrogens is 564 g/mol. The summed E-state index contributed by atoms with van der Waals surface area (Å²) in [6, 6.07) is 15.4. The van der Waals surface area contributed by atoms with Crippen molar-refractivity contribution in [1.82, 2.24) is 29.3 Å². The third-order valence-electron chi connectivity index (χ3n) is 9.70. The lowest BCUT2D eigenvalue weighted by Gasteiger charge is -2.50. The minimum atomic E-state index is -1.17. The smallest absolute Gasteiger partial charge is 0.391 e. The van der Waals surface area contributed by atoms with Gasteiger partial charge >= 0.3 is 6.09 Å². The van der Waals surface area contributed by atoms with Crippen LogP contribution in [0.5, 0.6) is 5.88 Å². The van der Waals surface area contributed by atoms with Gasteiger partial charge in [0.25, 0.3) is 5.91 Å². The zero-order chi connectivity index (χ0) is 30.1. The fourth-order valence-corrected chi connectivity index (χ4v) is 8.04. The van der Waals surface area contributed by atoms with Crippen LogP contribution in [-0.4, -0.2) is 67.4 Å². The maximum Gasteiger partial charge on any atom is 0.416 e. The van der Waals surface area contributed by atoms with Crippen LogP contribution in [0.4, 0.5) is 4.79 Å². The Bertz CT molecular complexity index is 2200. The number of likely N-dealkylation sites (N-methyl/N-ethyl adjacent to an activating group) is 1. The van der Waals surface area contributed by atoms with E-state index in [9.17, 15) is 14.7 Å². The van der Waals surface area contributed by atoms with E-state index in [1.165, 1.54) is 12.5 Å². The first kappa shape index (κ1) is 25.6. The summed E-state index contributed by atoms with van der Waals surface area (Å²) in [4.78, 5) is 35.4. The standard InChI is InChI=1S/C32H28N6O6/c1-32-28(42-3)19(36(2)31(41)43-20-13-33-14-34-20)12-21(44-32)37-17-10-6-4-8-15(17)22-24-25(30(40)35-29(24)39)23-16-9-5-7-11-18(16)38(32)27(23)26(22)37/h4-11,13-14,19,21,28,30,40H,12H2,1-3H3,(H,33,34)(H,35,39). The number of hydrogen-bond donors (Lipinski definition) is 3. The van der Waals surface area contributed by atoms with Crippen molar-refractivity contribution in [2.75, 3.05) is 14.2 Å². The number of carbonyl (C=O) groups is 2. The number of aliphatic hydroxyl groups is 1. The molecular formula is C32H28N6O6. The highest BCUT2D eigenvalue weighted by molar-refractivity contribution is 6.31. The van der Waals surface area contributed by atoms with E-state index in [0.29, 0.717) is 17.5 Å². The molecule has 2 amide bonds. The van der Waals surface area contributed by atoms with E-state index in [-0.39, 0.29) is 11.8 Å². The van der Waals surface area contributed by atoms with Crippen molar-refractivity contribution in [1.29, 1.82) is 0 Å². The lowest BCUT2D eigenvalue weighted by molar-refractivity contribution is -0.264. The van der Waals surface area contributed by atoms with E-state index in [0.717, 1.165) is 43.6 Å². The molecule has 222 valence electrons. The number of H-pyrrole nitrogens is 1. The Kier molecular flexibility index (Phi) is 4.99. The number of para-hydroxylation sites is 2. The van der Waals surface area contributed by atoms with E-state index >= 15 is 0 Å². The molecule has 44 heavy (non-hydrogen) atoms. The lowest BCUT2D eigenvalue weighted by Crippen LogP contribution is -2.61. The zero-order valence-electron chi connectivity index (χ0n) is 24.1. The second-order valence-corrected chi connectivity index (χ2v) is 11.8. The molecule has 5 unspecified atom stereocenters. The van der Waals surface area contributed by atoms with E-state index in [1.807, 2.05) is 55.5 Å². The number of rotatable bonds is 3. The van der Waals surface area contributed by atoms with Gasteiger partial charge in [0.1, 0.15) is 12.3 Å². The van der Waals surface area contributed by atoms with Gasteiger partial charge in [0.15, 0.2) is 12.0 Å². The van der Waals surface area contributed by atoms with E-state index in [2.05, 4.69) is 24.4 Å². The third kappa shape index (κ3) is 2.99. The largest absolute Gasteiger partial charge is 0.416 e. The second kappa shape index (κ2) is 8.59. The summed E-state index contributed by atoms with van der Waals surface area (Å²) in [5.74, 6) is -0.0797. The molecule has 3 aromatic carbocycles. The monoisotopic (exact) mass is 592 g/mol. The summed E-state index contributed by atoms with van der Waals surface area (Å²) in [6.07, 6.45) is 0.347. The van der Waals surface area contributed by atoms with Crippen LogP contribution in [0.25, 0.3) is 43.6 Å². The maximum atomic E-state index is 13.6. The molecule has 6 aromatic rings. The van der Waals surface area contributed by atoms with Crippen molar-refractivity contribution < 1.29 is 28.9 Å². The van der Waals surface area contributed by atoms with Crippen LogP contribution < -0.4 is 10.1 Å². The molecule has 12 nitrogen and oxygen atoms in total. The number of amides is 2. The average Bonchev–Trinajstić information content (AvgIpc) is 3.78. The van der Waals surface area contributed by atoms with Crippen LogP contribution in [0, 0.1) is 0 Å². The van der Waals surface area contributed by atoms with Gasteiger partial charge in [-0.25, -0.2) is 9.78 Å². The molecule has 3 aliphatic heterocycles. The predicted molar refractivity (Wildman–Crippen MR) is 160 cm³/mol. The SMILES string of the molecule is COC1C(N(C)C(=O)Oc2cnc[nH]2)CC2OC1(C)n1c3ccccc3c3c4c(c5c6ccccc6n2c5c31)C(=O)NC4O. The molecule has 12 heteroatoms. The predicted octanol–water partition coefficient (Wildman–Crippen LogP) is 4.48. The molecule has 0 spiro atoms. The number of benzene rings is 3. The molecule has 0 radical (unpaired) electrons. The highest BCUT2D eigenvalue weighted by Gasteiger charge is 2.55. The van der Waals surface area contributed by atoms with E-state index in [4.69, 9.17) is 14.2 Å². The van der Waals surface area contributed by atoms with Crippen molar-refractivity contribution in [3.05, 3.63) is 72.2 Å². The topological polar surface area (TPSA) is 136 Å². The summed E-state index contributed by atoms with van der Waals surface area (Å²) < 4.78 is 23.3. The Hall–Kier alpha value is -4.91. The highest BCUT2D eigenvalue weighted by Crippen LogP contribution is 2.55. The van der Waals surface area contributed by atoms with Crippen LogP contribution in [-0.2, 0) is 15.2 Å². The summed E-state index contributed by atoms with van der Waals surface area (Å²) in [5, 5.41) is 17.4. The van der Waals surface area contributed by atoms with E-state index in [1.54, 1.807) is 19.1 Å². The molecule has 1 fully saturated rings. The number of nitrogens with zero attached hydrogens (tertiary/aromatic N) is 4. The van der Waals surface area contributed by atoms with Gasteiger partial charge in [-0.1, -0.05) is 36.4 Å². The Labute approximate surface area is 249 Å². The second-order valence-electron chi connectivity index (χ2n) is 11.8. The Balaban J connectivity index is 1.41. The van der Waals surface area contributed by atoms with Crippen molar-refractivity contribution >= 4 is 55.6 Å². The quantitative estimate of drug-likeness (QED) is 0.276. The normalized spacial score (nSPS) is 25.6. The number of carbonyl (C=O) groups excluding carboxylic acids is 2. The number of imidazole rings is 1. The number of aromatic nitrogens is 4. The van der Waals surface area contributed by atoms with Gasteiger partial charge in [-0.3, -0.25) is 4.79 Å². The van der Waals surface area contributed by atoms with E-state index < -0.39 is 36.4 Å². The fraction of sp³-hybridized carbons (Fsp3) is 0.281. The lowest BCUT2D eigenvalue weighted by atomic mass is 9.92. The number of aliphatic hydroxyl groups excluding tert-OH is 1. The molecule has 0 saturated carbocycles. The summed E-state index contributed by atoms with van der Waals surface area (Å²) in [6.45, 7) is 1.98. The first-order valence-corrected chi connectivity index (χ1v) is 14.5. The van der Waals surface area contributed by atoms with Crippen molar-refractivity contribution in [3.63, 3.8) is 0 Å². The van der Waals surface area contributed by atoms with Crippen LogP contribution >= 0.6 is 0 Å². The molecule has 1 saturated heterocycles. The Morgan fingerprint density at radius 2 is 1.84 bits per heavy atom. The van der Waals surface area contributed by atoms with Crippen LogP contribution in [0.1, 0.15) is 41.7 Å². The average molecular weight is 593 g/mol. The fourth-order valence-electron chi connectivity index (χ4n) is 8.04. The molecule has 2 bridgehead atoms. The van der Waals surface area contributed by atoms with Crippen molar-refractivity contribution in [3.8, 4) is 5.88 Å². The molecule has 5 atom stereocenters. The van der Waals surface area contributed by atoms with Gasteiger partial charge in [-0.2, -0.15) is 0 Å². The van der Waals surface area contributed by atoms with Crippen LogP contribution in [0.15, 0.2) is 61.1 Å². The van der Waals surface area contributed by atoms with Gasteiger partial charge < -0.3 is 43.7 Å². The number of hydrogen-bond acceptors (Lipinski definition) is 7. The van der Waals surface area contributed by atoms with Gasteiger partial charge in [-0.05, 0) is 19.1 Å². The van der Waals surface area contributed by atoms with Gasteiger partial charge in [0, 0.05) is 47.7 Å². The first-order chi connectivity index (χ1) is 21.3. The minimum absolute atomic E-state index is 0.237. The molecule has 3 aromatic heterocycles. The van der Waals surface area contributed by atoms with Crippen molar-refractivity contribution in [2.45, 2.75) is 43.7 Å².